The SMILES string of the molecule is Cn1cc(Nc2cccc(C(=O)Nc3ccnc4ccnn34)c2)cn1. The summed E-state index contributed by atoms with van der Waals surface area (Å²) >= 11 is 0. The van der Waals surface area contributed by atoms with Crippen LogP contribution in [0.1, 0.15) is 10.4 Å². The van der Waals surface area contributed by atoms with Gasteiger partial charge in [0, 0.05) is 36.8 Å². The van der Waals surface area contributed by atoms with E-state index in [2.05, 4.69) is 25.8 Å². The molecule has 2 N–H and O–H groups in total. The summed E-state index contributed by atoms with van der Waals surface area (Å²) in [6, 6.07) is 10.7. The summed E-state index contributed by atoms with van der Waals surface area (Å²) in [5.41, 5.74) is 2.86. The number of anilines is 3. The number of fused-ring (bicyclic) bond motifs is 1. The normalized spacial score (nSPS) is 10.8. The van der Waals surface area contributed by atoms with Crippen molar-refractivity contribution in [1.29, 1.82) is 0 Å². The van der Waals surface area contributed by atoms with Gasteiger partial charge in [-0.2, -0.15) is 14.7 Å². The fraction of sp³-hybridized carbons (Fsp3) is 0.0588. The molecule has 0 aliphatic rings. The van der Waals surface area contributed by atoms with E-state index in [4.69, 9.17) is 0 Å². The van der Waals surface area contributed by atoms with Gasteiger partial charge in [-0.05, 0) is 24.3 Å². The molecule has 25 heavy (non-hydrogen) atoms. The van der Waals surface area contributed by atoms with Gasteiger partial charge in [0.1, 0.15) is 5.82 Å². The number of benzene rings is 1. The number of aryl methyl sites for hydroxylation is 1. The Hall–Kier alpha value is -3.68. The van der Waals surface area contributed by atoms with Crippen LogP contribution in [0.4, 0.5) is 17.2 Å². The number of aromatic nitrogens is 5. The molecule has 0 saturated carbocycles. The topological polar surface area (TPSA) is 89.1 Å². The lowest BCUT2D eigenvalue weighted by Crippen LogP contribution is -2.15. The molecule has 0 bridgehead atoms. The van der Waals surface area contributed by atoms with Crippen molar-refractivity contribution in [3.8, 4) is 0 Å². The number of carbonyl (C=O) groups is 1. The van der Waals surface area contributed by atoms with E-state index in [9.17, 15) is 4.79 Å². The number of amides is 1. The molecule has 4 rings (SSSR count). The quantitative estimate of drug-likeness (QED) is 0.599. The van der Waals surface area contributed by atoms with Crippen molar-refractivity contribution in [3.63, 3.8) is 0 Å². The van der Waals surface area contributed by atoms with Gasteiger partial charge in [-0.15, -0.1) is 0 Å². The molecule has 8 heteroatoms. The van der Waals surface area contributed by atoms with Crippen LogP contribution in [0.3, 0.4) is 0 Å². The Balaban J connectivity index is 1.56. The number of nitrogens with one attached hydrogen (secondary N) is 2. The Morgan fingerprint density at radius 2 is 2.00 bits per heavy atom. The highest BCUT2D eigenvalue weighted by molar-refractivity contribution is 6.04. The lowest BCUT2D eigenvalue weighted by atomic mass is 10.2. The van der Waals surface area contributed by atoms with Crippen LogP contribution in [0.2, 0.25) is 0 Å². The monoisotopic (exact) mass is 333 g/mol. The average molecular weight is 333 g/mol. The van der Waals surface area contributed by atoms with Gasteiger partial charge in [0.15, 0.2) is 5.65 Å². The molecule has 0 atom stereocenters. The van der Waals surface area contributed by atoms with Gasteiger partial charge in [0.2, 0.25) is 0 Å². The van der Waals surface area contributed by atoms with Crippen molar-refractivity contribution < 1.29 is 4.79 Å². The van der Waals surface area contributed by atoms with Gasteiger partial charge in [-0.25, -0.2) is 4.98 Å². The first-order chi connectivity index (χ1) is 12.2. The highest BCUT2D eigenvalue weighted by atomic mass is 16.1. The van der Waals surface area contributed by atoms with Crippen LogP contribution in [-0.2, 0) is 7.05 Å². The lowest BCUT2D eigenvalue weighted by Gasteiger charge is -2.09. The molecule has 8 nitrogen and oxygen atoms in total. The van der Waals surface area contributed by atoms with Crippen LogP contribution >= 0.6 is 0 Å². The van der Waals surface area contributed by atoms with Crippen molar-refractivity contribution >= 4 is 28.7 Å². The first-order valence-electron chi connectivity index (χ1n) is 7.65. The molecular weight excluding hydrogens is 318 g/mol. The summed E-state index contributed by atoms with van der Waals surface area (Å²) < 4.78 is 3.29. The third kappa shape index (κ3) is 3.05. The fourth-order valence-corrected chi connectivity index (χ4v) is 2.51. The smallest absolute Gasteiger partial charge is 0.256 e. The Bertz CT molecular complexity index is 1050. The van der Waals surface area contributed by atoms with Gasteiger partial charge in [-0.1, -0.05) is 6.07 Å². The number of rotatable bonds is 4. The predicted molar refractivity (Wildman–Crippen MR) is 93.9 cm³/mol. The van der Waals surface area contributed by atoms with Gasteiger partial charge in [-0.3, -0.25) is 9.48 Å². The zero-order chi connectivity index (χ0) is 17.2. The van der Waals surface area contributed by atoms with Crippen LogP contribution in [0.15, 0.2) is 61.2 Å². The molecule has 124 valence electrons. The van der Waals surface area contributed by atoms with Crippen LogP contribution in [0, 0.1) is 0 Å². The standard InChI is InChI=1S/C17H15N7O/c1-23-11-14(10-20-23)21-13-4-2-3-12(9-13)17(25)22-16-5-7-18-15-6-8-19-24(15)16/h2-11,21H,1H3,(H,22,25). The maximum absolute atomic E-state index is 12.6. The van der Waals surface area contributed by atoms with Crippen LogP contribution in [0.5, 0.6) is 0 Å². The van der Waals surface area contributed by atoms with Crippen molar-refractivity contribution in [1.82, 2.24) is 24.4 Å². The zero-order valence-corrected chi connectivity index (χ0v) is 13.4. The van der Waals surface area contributed by atoms with E-state index in [-0.39, 0.29) is 5.91 Å². The van der Waals surface area contributed by atoms with E-state index >= 15 is 0 Å². The first-order valence-corrected chi connectivity index (χ1v) is 7.65. The van der Waals surface area contributed by atoms with Crippen molar-refractivity contribution in [3.05, 3.63) is 66.7 Å². The molecule has 0 aliphatic carbocycles. The molecule has 0 unspecified atom stereocenters. The molecule has 0 saturated heterocycles. The number of carbonyl (C=O) groups excluding carboxylic acids is 1. The van der Waals surface area contributed by atoms with E-state index in [0.717, 1.165) is 11.4 Å². The molecule has 0 aliphatic heterocycles. The van der Waals surface area contributed by atoms with E-state index in [1.165, 1.54) is 0 Å². The van der Waals surface area contributed by atoms with E-state index < -0.39 is 0 Å². The maximum Gasteiger partial charge on any atom is 0.256 e. The summed E-state index contributed by atoms with van der Waals surface area (Å²) in [5.74, 6) is 0.337. The third-order valence-corrected chi connectivity index (χ3v) is 3.65. The van der Waals surface area contributed by atoms with Gasteiger partial charge in [0.25, 0.3) is 5.91 Å². The molecule has 3 aromatic heterocycles. The highest BCUT2D eigenvalue weighted by Crippen LogP contribution is 2.18. The predicted octanol–water partition coefficient (Wildman–Crippen LogP) is 2.46. The van der Waals surface area contributed by atoms with Gasteiger partial charge >= 0.3 is 0 Å². The van der Waals surface area contributed by atoms with Crippen LogP contribution in [-0.4, -0.2) is 30.3 Å². The molecular formula is C17H15N7O. The molecule has 1 aromatic carbocycles. The Kier molecular flexibility index (Phi) is 3.62. The molecule has 4 aromatic rings. The van der Waals surface area contributed by atoms with E-state index in [1.54, 1.807) is 52.1 Å². The van der Waals surface area contributed by atoms with E-state index in [0.29, 0.717) is 17.0 Å². The highest BCUT2D eigenvalue weighted by Gasteiger charge is 2.10. The minimum atomic E-state index is -0.224. The van der Waals surface area contributed by atoms with Crippen molar-refractivity contribution in [2.45, 2.75) is 0 Å². The number of nitrogens with zero attached hydrogens (tertiary/aromatic N) is 5. The van der Waals surface area contributed by atoms with E-state index in [1.807, 2.05) is 25.4 Å². The van der Waals surface area contributed by atoms with Crippen molar-refractivity contribution in [2.75, 3.05) is 10.6 Å². The van der Waals surface area contributed by atoms with Crippen LogP contribution < -0.4 is 10.6 Å². The number of hydrogen-bond acceptors (Lipinski definition) is 5. The molecule has 1 amide bonds. The Morgan fingerprint density at radius 3 is 2.84 bits per heavy atom. The second kappa shape index (κ2) is 6.08. The first kappa shape index (κ1) is 14.9. The molecule has 0 radical (unpaired) electrons. The van der Waals surface area contributed by atoms with Gasteiger partial charge in [0.05, 0.1) is 18.1 Å². The third-order valence-electron chi connectivity index (χ3n) is 3.65. The molecule has 0 spiro atoms. The summed E-state index contributed by atoms with van der Waals surface area (Å²) in [7, 11) is 1.85. The largest absolute Gasteiger partial charge is 0.353 e. The maximum atomic E-state index is 12.6. The second-order valence-electron chi connectivity index (χ2n) is 5.49. The number of hydrogen-bond donors (Lipinski definition) is 2. The van der Waals surface area contributed by atoms with Crippen LogP contribution in [0.25, 0.3) is 5.65 Å². The summed E-state index contributed by atoms with van der Waals surface area (Å²) in [4.78, 5) is 16.7. The summed E-state index contributed by atoms with van der Waals surface area (Å²) in [5, 5.41) is 14.3. The Labute approximate surface area is 143 Å². The lowest BCUT2D eigenvalue weighted by molar-refractivity contribution is 0.102. The minimum Gasteiger partial charge on any atom is -0.353 e. The summed E-state index contributed by atoms with van der Waals surface area (Å²) in [6.07, 6.45) is 6.85. The van der Waals surface area contributed by atoms with Crippen molar-refractivity contribution in [2.24, 2.45) is 7.05 Å². The Morgan fingerprint density at radius 1 is 1.08 bits per heavy atom. The zero-order valence-electron chi connectivity index (χ0n) is 13.4. The average Bonchev–Trinajstić information content (AvgIpc) is 3.24. The second-order valence-corrected chi connectivity index (χ2v) is 5.49. The molecule has 3 heterocycles. The fourth-order valence-electron chi connectivity index (χ4n) is 2.51. The van der Waals surface area contributed by atoms with Gasteiger partial charge < -0.3 is 10.6 Å². The summed E-state index contributed by atoms with van der Waals surface area (Å²) in [6.45, 7) is 0. The minimum absolute atomic E-state index is 0.224. The molecule has 0 fully saturated rings.